The summed E-state index contributed by atoms with van der Waals surface area (Å²) in [5, 5.41) is 22.8. The van der Waals surface area contributed by atoms with Crippen LogP contribution in [0.3, 0.4) is 0 Å². The van der Waals surface area contributed by atoms with Gasteiger partial charge in [-0.3, -0.25) is 0 Å². The van der Waals surface area contributed by atoms with Crippen molar-refractivity contribution in [2.75, 3.05) is 13.1 Å². The summed E-state index contributed by atoms with van der Waals surface area (Å²) in [5.41, 5.74) is 7.57. The molecule has 1 fully saturated rings. The Bertz CT molecular complexity index is 797. The highest BCUT2D eigenvalue weighted by Crippen LogP contribution is 2.40. The number of hydrogen-bond donors (Lipinski definition) is 4. The molecule has 3 rings (SSSR count). The van der Waals surface area contributed by atoms with Gasteiger partial charge in [0.15, 0.2) is 0 Å². The molecule has 1 aliphatic carbocycles. The number of nitrogens with zero attached hydrogens (tertiary/aromatic N) is 3. The van der Waals surface area contributed by atoms with E-state index >= 15 is 0 Å². The molecule has 1 aromatic heterocycles. The fourth-order valence-corrected chi connectivity index (χ4v) is 4.69. The van der Waals surface area contributed by atoms with Crippen LogP contribution in [0.5, 0.6) is 0 Å². The van der Waals surface area contributed by atoms with Gasteiger partial charge >= 0.3 is 0 Å². The van der Waals surface area contributed by atoms with Gasteiger partial charge in [0.1, 0.15) is 17.7 Å². The molecule has 1 heterocycles. The first-order chi connectivity index (χ1) is 15.0. The van der Waals surface area contributed by atoms with Crippen LogP contribution in [0.1, 0.15) is 75.8 Å². The van der Waals surface area contributed by atoms with Crippen molar-refractivity contribution in [1.29, 1.82) is 0 Å². The van der Waals surface area contributed by atoms with Crippen molar-refractivity contribution in [1.82, 2.24) is 25.9 Å². The van der Waals surface area contributed by atoms with Gasteiger partial charge in [-0.2, -0.15) is 5.21 Å². The Morgan fingerprint density at radius 2 is 2.03 bits per heavy atom. The summed E-state index contributed by atoms with van der Waals surface area (Å²) >= 11 is 0. The Hall–Kier alpha value is -1.75. The minimum absolute atomic E-state index is 0.284. The topological polar surface area (TPSA) is 136 Å². The van der Waals surface area contributed by atoms with Crippen LogP contribution in [-0.2, 0) is 17.7 Å². The van der Waals surface area contributed by atoms with Crippen LogP contribution >= 0.6 is 0 Å². The SMILES string of the molecule is CCNCCC(N)CC.NS(=O)c1c(CF)ccc(C2CCCCC2)c1-c1nn[nH]n1. The smallest absolute Gasteiger partial charge is 0.206 e. The average molecular weight is 454 g/mol. The van der Waals surface area contributed by atoms with Crippen molar-refractivity contribution < 1.29 is 8.60 Å². The molecular formula is C21H36FN7OS. The highest BCUT2D eigenvalue weighted by Gasteiger charge is 2.26. The van der Waals surface area contributed by atoms with Crippen LogP contribution in [0.25, 0.3) is 11.4 Å². The minimum Gasteiger partial charge on any atom is -0.328 e. The van der Waals surface area contributed by atoms with Crippen molar-refractivity contribution in [3.63, 3.8) is 0 Å². The molecule has 0 bridgehead atoms. The number of benzene rings is 1. The number of nitrogens with one attached hydrogen (secondary N) is 2. The van der Waals surface area contributed by atoms with E-state index in [1.54, 1.807) is 6.07 Å². The largest absolute Gasteiger partial charge is 0.328 e. The third kappa shape index (κ3) is 7.41. The van der Waals surface area contributed by atoms with Crippen LogP contribution < -0.4 is 16.2 Å². The zero-order valence-electron chi connectivity index (χ0n) is 18.6. The number of hydrogen-bond acceptors (Lipinski definition) is 6. The standard InChI is InChI=1S/C14H18FN5OS.C7H18N2/c15-8-10-6-7-11(9-4-2-1-3-5-9)12(13(10)22(16)21)14-17-19-20-18-14;1-3-7(8)5-6-9-4-2/h6-7,9H,1-5,8,16H2,(H,17,18,19,20);7,9H,3-6,8H2,1-2H3. The zero-order chi connectivity index (χ0) is 22.6. The van der Waals surface area contributed by atoms with Gasteiger partial charge in [-0.25, -0.2) is 13.7 Å². The van der Waals surface area contributed by atoms with E-state index < -0.39 is 17.7 Å². The molecule has 0 saturated heterocycles. The van der Waals surface area contributed by atoms with Crippen molar-refractivity contribution in [2.45, 2.75) is 82.3 Å². The maximum absolute atomic E-state index is 13.3. The fourth-order valence-electron chi connectivity index (χ4n) is 3.90. The van der Waals surface area contributed by atoms with Crippen LogP contribution in [0.4, 0.5) is 4.39 Å². The predicted molar refractivity (Wildman–Crippen MR) is 122 cm³/mol. The summed E-state index contributed by atoms with van der Waals surface area (Å²) in [6.45, 7) is 5.62. The Labute approximate surface area is 186 Å². The van der Waals surface area contributed by atoms with E-state index in [1.807, 2.05) is 6.07 Å². The number of nitrogens with two attached hydrogens (primary N) is 2. The molecule has 0 spiro atoms. The van der Waals surface area contributed by atoms with Gasteiger partial charge < -0.3 is 11.1 Å². The second kappa shape index (κ2) is 13.6. The zero-order valence-corrected chi connectivity index (χ0v) is 19.4. The Kier molecular flexibility index (Phi) is 11.2. The molecule has 174 valence electrons. The van der Waals surface area contributed by atoms with Crippen LogP contribution in [0.15, 0.2) is 17.0 Å². The fraction of sp³-hybridized carbons (Fsp3) is 0.667. The lowest BCUT2D eigenvalue weighted by molar-refractivity contribution is 0.442. The van der Waals surface area contributed by atoms with Gasteiger partial charge in [0, 0.05) is 17.2 Å². The summed E-state index contributed by atoms with van der Waals surface area (Å²) in [6, 6.07) is 3.96. The molecular weight excluding hydrogens is 417 g/mol. The van der Waals surface area contributed by atoms with Gasteiger partial charge in [-0.1, -0.05) is 45.2 Å². The lowest BCUT2D eigenvalue weighted by Crippen LogP contribution is -2.25. The van der Waals surface area contributed by atoms with Gasteiger partial charge in [0.05, 0.1) is 4.90 Å². The first-order valence-corrected chi connectivity index (χ1v) is 12.3. The Morgan fingerprint density at radius 3 is 2.58 bits per heavy atom. The number of aromatic nitrogens is 4. The van der Waals surface area contributed by atoms with Gasteiger partial charge in [0.25, 0.3) is 0 Å². The van der Waals surface area contributed by atoms with E-state index in [-0.39, 0.29) is 4.90 Å². The van der Waals surface area contributed by atoms with Crippen molar-refractivity contribution in [2.24, 2.45) is 10.9 Å². The number of H-pyrrole nitrogens is 1. The lowest BCUT2D eigenvalue weighted by Gasteiger charge is -2.25. The minimum atomic E-state index is -1.81. The average Bonchev–Trinajstić information content (AvgIpc) is 3.33. The van der Waals surface area contributed by atoms with Gasteiger partial charge in [-0.05, 0) is 55.5 Å². The summed E-state index contributed by atoms with van der Waals surface area (Å²) < 4.78 is 25.3. The van der Waals surface area contributed by atoms with E-state index in [4.69, 9.17) is 10.9 Å². The van der Waals surface area contributed by atoms with E-state index in [1.165, 1.54) is 6.42 Å². The molecule has 0 amide bonds. The molecule has 31 heavy (non-hydrogen) atoms. The summed E-state index contributed by atoms with van der Waals surface area (Å²) in [6.07, 6.45) is 7.83. The number of tetrazole rings is 1. The summed E-state index contributed by atoms with van der Waals surface area (Å²) in [7, 11) is -1.81. The maximum atomic E-state index is 13.3. The number of aromatic amines is 1. The molecule has 0 aliphatic heterocycles. The third-order valence-electron chi connectivity index (χ3n) is 5.70. The van der Waals surface area contributed by atoms with E-state index in [9.17, 15) is 8.60 Å². The maximum Gasteiger partial charge on any atom is 0.206 e. The van der Waals surface area contributed by atoms with Crippen LogP contribution in [0, 0.1) is 0 Å². The van der Waals surface area contributed by atoms with Crippen molar-refractivity contribution >= 4 is 11.0 Å². The van der Waals surface area contributed by atoms with E-state index in [2.05, 4.69) is 39.8 Å². The molecule has 2 aromatic rings. The number of rotatable bonds is 9. The quantitative estimate of drug-likeness (QED) is 0.431. The van der Waals surface area contributed by atoms with E-state index in [0.717, 1.165) is 57.2 Å². The molecule has 10 heteroatoms. The predicted octanol–water partition coefficient (Wildman–Crippen LogP) is 3.09. The second-order valence-corrected chi connectivity index (χ2v) is 8.83. The molecule has 1 aliphatic rings. The Morgan fingerprint density at radius 1 is 1.29 bits per heavy atom. The van der Waals surface area contributed by atoms with Gasteiger partial charge in [0.2, 0.25) is 5.82 Å². The lowest BCUT2D eigenvalue weighted by atomic mass is 9.81. The molecule has 0 radical (unpaired) electrons. The van der Waals surface area contributed by atoms with E-state index in [0.29, 0.717) is 28.9 Å². The molecule has 6 N–H and O–H groups in total. The normalized spacial score (nSPS) is 16.4. The number of halogens is 1. The molecule has 1 saturated carbocycles. The molecule has 1 aromatic carbocycles. The van der Waals surface area contributed by atoms with Crippen molar-refractivity contribution in [3.8, 4) is 11.4 Å². The Balaban J connectivity index is 0.000000323. The monoisotopic (exact) mass is 453 g/mol. The third-order valence-corrected chi connectivity index (χ3v) is 6.57. The van der Waals surface area contributed by atoms with Crippen LogP contribution in [-0.4, -0.2) is 44.0 Å². The van der Waals surface area contributed by atoms with Crippen molar-refractivity contribution in [3.05, 3.63) is 23.3 Å². The molecule has 2 unspecified atom stereocenters. The molecule has 8 nitrogen and oxygen atoms in total. The molecule has 2 atom stereocenters. The first kappa shape index (κ1) is 25.5. The first-order valence-electron chi connectivity index (χ1n) is 11.1. The summed E-state index contributed by atoms with van der Waals surface area (Å²) in [4.78, 5) is 0.284. The van der Waals surface area contributed by atoms with Gasteiger partial charge in [-0.15, -0.1) is 10.2 Å². The highest BCUT2D eigenvalue weighted by molar-refractivity contribution is 7.82. The second-order valence-electron chi connectivity index (χ2n) is 7.83. The van der Waals surface area contributed by atoms with Crippen LogP contribution in [0.2, 0.25) is 0 Å². The highest BCUT2D eigenvalue weighted by atomic mass is 32.2. The summed E-state index contributed by atoms with van der Waals surface area (Å²) in [5.74, 6) is 0.655. The number of alkyl halides is 1.